The minimum atomic E-state index is -4.24. The van der Waals surface area contributed by atoms with Crippen molar-refractivity contribution in [3.8, 4) is 0 Å². The van der Waals surface area contributed by atoms with Crippen LogP contribution in [0.2, 0.25) is 0 Å². The molecule has 0 amide bonds. The van der Waals surface area contributed by atoms with Crippen molar-refractivity contribution in [2.24, 2.45) is 5.92 Å². The molecular formula is C15H20F3NS. The summed E-state index contributed by atoms with van der Waals surface area (Å²) < 4.78 is 37.8. The third kappa shape index (κ3) is 5.02. The summed E-state index contributed by atoms with van der Waals surface area (Å²) in [4.78, 5) is 0. The van der Waals surface area contributed by atoms with Crippen LogP contribution in [0.4, 0.5) is 13.2 Å². The van der Waals surface area contributed by atoms with E-state index in [1.54, 1.807) is 17.8 Å². The lowest BCUT2D eigenvalue weighted by Crippen LogP contribution is -2.14. The molecule has 2 rings (SSSR count). The van der Waals surface area contributed by atoms with E-state index in [1.807, 2.05) is 0 Å². The molecule has 1 aliphatic rings. The van der Waals surface area contributed by atoms with E-state index < -0.39 is 11.7 Å². The average molecular weight is 303 g/mol. The van der Waals surface area contributed by atoms with E-state index in [4.69, 9.17) is 0 Å². The van der Waals surface area contributed by atoms with Gasteiger partial charge in [-0.2, -0.15) is 24.9 Å². The fraction of sp³-hybridized carbons (Fsp3) is 0.600. The van der Waals surface area contributed by atoms with Crippen LogP contribution in [-0.2, 0) is 11.9 Å². The van der Waals surface area contributed by atoms with E-state index in [1.165, 1.54) is 31.4 Å². The van der Waals surface area contributed by atoms with Gasteiger partial charge in [0, 0.05) is 5.75 Å². The molecule has 1 aromatic carbocycles. The van der Waals surface area contributed by atoms with Crippen molar-refractivity contribution < 1.29 is 13.2 Å². The van der Waals surface area contributed by atoms with Gasteiger partial charge in [-0.15, -0.1) is 0 Å². The van der Waals surface area contributed by atoms with Crippen LogP contribution in [0.3, 0.4) is 0 Å². The lowest BCUT2D eigenvalue weighted by atomic mass is 10.0. The fourth-order valence-electron chi connectivity index (χ4n) is 2.44. The largest absolute Gasteiger partial charge is 0.416 e. The van der Waals surface area contributed by atoms with Crippen molar-refractivity contribution in [1.82, 2.24) is 5.32 Å². The number of rotatable bonds is 4. The molecule has 5 heteroatoms. The van der Waals surface area contributed by atoms with Crippen molar-refractivity contribution in [3.63, 3.8) is 0 Å². The van der Waals surface area contributed by atoms with Crippen LogP contribution in [0.1, 0.15) is 30.4 Å². The fourth-order valence-corrected chi connectivity index (χ4v) is 3.64. The minimum Gasteiger partial charge on any atom is -0.317 e. The summed E-state index contributed by atoms with van der Waals surface area (Å²) in [6, 6.07) is 5.66. The second kappa shape index (κ2) is 7.36. The zero-order valence-electron chi connectivity index (χ0n) is 11.4. The average Bonchev–Trinajstić information content (AvgIpc) is 2.67. The van der Waals surface area contributed by atoms with Crippen LogP contribution in [0.5, 0.6) is 0 Å². The van der Waals surface area contributed by atoms with Crippen LogP contribution >= 0.6 is 11.8 Å². The number of thioether (sulfide) groups is 1. The van der Waals surface area contributed by atoms with Crippen LogP contribution in [0.15, 0.2) is 24.3 Å². The minimum absolute atomic E-state index is 0.547. The SMILES string of the molecule is FC(F)(F)c1cccc(CSCC2CCCNCC2)c1. The Morgan fingerprint density at radius 2 is 2.05 bits per heavy atom. The molecule has 1 fully saturated rings. The zero-order valence-corrected chi connectivity index (χ0v) is 12.2. The van der Waals surface area contributed by atoms with Gasteiger partial charge in [0.05, 0.1) is 5.56 Å². The number of benzene rings is 1. The summed E-state index contributed by atoms with van der Waals surface area (Å²) in [6.07, 6.45) is -0.638. The maximum atomic E-state index is 12.6. The number of nitrogens with one attached hydrogen (secondary N) is 1. The lowest BCUT2D eigenvalue weighted by Gasteiger charge is -2.13. The Hall–Kier alpha value is -0.680. The van der Waals surface area contributed by atoms with Crippen LogP contribution in [0, 0.1) is 5.92 Å². The Morgan fingerprint density at radius 3 is 2.85 bits per heavy atom. The Labute approximate surface area is 122 Å². The van der Waals surface area contributed by atoms with Crippen LogP contribution < -0.4 is 5.32 Å². The first kappa shape index (κ1) is 15.7. The highest BCUT2D eigenvalue weighted by Crippen LogP contribution is 2.30. The molecule has 0 saturated carbocycles. The topological polar surface area (TPSA) is 12.0 Å². The molecular weight excluding hydrogens is 283 g/mol. The molecule has 1 unspecified atom stereocenters. The molecule has 0 spiro atoms. The van der Waals surface area contributed by atoms with E-state index in [0.717, 1.165) is 30.5 Å². The van der Waals surface area contributed by atoms with Gasteiger partial charge >= 0.3 is 6.18 Å². The van der Waals surface area contributed by atoms with Gasteiger partial charge in [0.2, 0.25) is 0 Å². The third-order valence-electron chi connectivity index (χ3n) is 3.57. The highest BCUT2D eigenvalue weighted by Gasteiger charge is 2.30. The molecule has 0 radical (unpaired) electrons. The van der Waals surface area contributed by atoms with E-state index in [0.29, 0.717) is 11.7 Å². The highest BCUT2D eigenvalue weighted by molar-refractivity contribution is 7.98. The predicted molar refractivity (Wildman–Crippen MR) is 77.8 cm³/mol. The zero-order chi connectivity index (χ0) is 14.4. The molecule has 1 nitrogen and oxygen atoms in total. The first-order chi connectivity index (χ1) is 9.55. The van der Waals surface area contributed by atoms with Crippen LogP contribution in [-0.4, -0.2) is 18.8 Å². The molecule has 0 bridgehead atoms. The smallest absolute Gasteiger partial charge is 0.317 e. The van der Waals surface area contributed by atoms with Gasteiger partial charge in [0.15, 0.2) is 0 Å². The van der Waals surface area contributed by atoms with Gasteiger partial charge in [-0.25, -0.2) is 0 Å². The second-order valence-corrected chi connectivity index (χ2v) is 6.29. The predicted octanol–water partition coefficient (Wildman–Crippen LogP) is 4.33. The van der Waals surface area contributed by atoms with E-state index in [9.17, 15) is 13.2 Å². The maximum absolute atomic E-state index is 12.6. The maximum Gasteiger partial charge on any atom is 0.416 e. The Bertz CT molecular complexity index is 412. The molecule has 1 aliphatic heterocycles. The summed E-state index contributed by atoms with van der Waals surface area (Å²) in [5.74, 6) is 2.40. The van der Waals surface area contributed by atoms with Crippen molar-refractivity contribution >= 4 is 11.8 Å². The number of alkyl halides is 3. The van der Waals surface area contributed by atoms with Gasteiger partial charge in [-0.05, 0) is 55.7 Å². The van der Waals surface area contributed by atoms with E-state index in [2.05, 4.69) is 5.32 Å². The summed E-state index contributed by atoms with van der Waals surface area (Å²) in [5.41, 5.74) is 0.214. The summed E-state index contributed by atoms with van der Waals surface area (Å²) in [7, 11) is 0. The summed E-state index contributed by atoms with van der Waals surface area (Å²) in [6.45, 7) is 2.16. The number of hydrogen-bond acceptors (Lipinski definition) is 2. The third-order valence-corrected chi connectivity index (χ3v) is 4.82. The van der Waals surface area contributed by atoms with Gasteiger partial charge in [0.25, 0.3) is 0 Å². The second-order valence-electron chi connectivity index (χ2n) is 5.26. The summed E-state index contributed by atoms with van der Waals surface area (Å²) >= 11 is 1.75. The number of halogens is 3. The van der Waals surface area contributed by atoms with E-state index in [-0.39, 0.29) is 0 Å². The molecule has 1 N–H and O–H groups in total. The quantitative estimate of drug-likeness (QED) is 0.888. The number of hydrogen-bond donors (Lipinski definition) is 1. The van der Waals surface area contributed by atoms with Gasteiger partial charge in [-0.1, -0.05) is 18.2 Å². The van der Waals surface area contributed by atoms with Crippen molar-refractivity contribution in [2.45, 2.75) is 31.2 Å². The van der Waals surface area contributed by atoms with Crippen molar-refractivity contribution in [3.05, 3.63) is 35.4 Å². The first-order valence-corrected chi connectivity index (χ1v) is 8.16. The molecule has 0 aliphatic carbocycles. The Kier molecular flexibility index (Phi) is 5.78. The lowest BCUT2D eigenvalue weighted by molar-refractivity contribution is -0.137. The molecule has 20 heavy (non-hydrogen) atoms. The van der Waals surface area contributed by atoms with Gasteiger partial charge in [0.1, 0.15) is 0 Å². The molecule has 1 heterocycles. The van der Waals surface area contributed by atoms with Crippen LogP contribution in [0.25, 0.3) is 0 Å². The molecule has 1 atom stereocenters. The molecule has 1 aromatic rings. The van der Waals surface area contributed by atoms with Gasteiger partial charge < -0.3 is 5.32 Å². The Morgan fingerprint density at radius 1 is 1.20 bits per heavy atom. The normalized spacial score (nSPS) is 20.6. The Balaban J connectivity index is 1.81. The van der Waals surface area contributed by atoms with Crippen molar-refractivity contribution in [2.75, 3.05) is 18.8 Å². The standard InChI is InChI=1S/C15H20F3NS/c16-15(17,18)14-5-1-3-13(9-14)11-20-10-12-4-2-7-19-8-6-12/h1,3,5,9,12,19H,2,4,6-8,10-11H2. The molecule has 112 valence electrons. The highest BCUT2D eigenvalue weighted by atomic mass is 32.2. The molecule has 0 aromatic heterocycles. The van der Waals surface area contributed by atoms with Gasteiger partial charge in [-0.3, -0.25) is 0 Å². The first-order valence-electron chi connectivity index (χ1n) is 7.00. The summed E-state index contributed by atoms with van der Waals surface area (Å²) in [5, 5.41) is 3.38. The molecule has 1 saturated heterocycles. The van der Waals surface area contributed by atoms with E-state index >= 15 is 0 Å². The monoisotopic (exact) mass is 303 g/mol. The van der Waals surface area contributed by atoms with Crippen molar-refractivity contribution in [1.29, 1.82) is 0 Å².